The maximum atomic E-state index is 13.0. The minimum Gasteiger partial charge on any atom is -0.388 e. The van der Waals surface area contributed by atoms with Crippen LogP contribution in [0.5, 0.6) is 0 Å². The molecule has 0 bridgehead atoms. The van der Waals surface area contributed by atoms with Gasteiger partial charge >= 0.3 is 0 Å². The van der Waals surface area contributed by atoms with E-state index in [-0.39, 0.29) is 10.9 Å². The first kappa shape index (κ1) is 11.4. The van der Waals surface area contributed by atoms with Gasteiger partial charge in [0.2, 0.25) is 0 Å². The fraction of sp³-hybridized carbons (Fsp3) is 0.400. The molecule has 0 aliphatic carbocycles. The fourth-order valence-corrected chi connectivity index (χ4v) is 1.27. The van der Waals surface area contributed by atoms with E-state index in [1.54, 1.807) is 13.0 Å². The fourth-order valence-electron chi connectivity index (χ4n) is 1.15. The Morgan fingerprint density at radius 3 is 2.71 bits per heavy atom. The van der Waals surface area contributed by atoms with Crippen LogP contribution in [0.15, 0.2) is 18.2 Å². The largest absolute Gasteiger partial charge is 0.388 e. The van der Waals surface area contributed by atoms with Gasteiger partial charge < -0.3 is 10.8 Å². The molecular weight excluding hydrogens is 205 g/mol. The van der Waals surface area contributed by atoms with E-state index < -0.39 is 11.9 Å². The van der Waals surface area contributed by atoms with Crippen LogP contribution in [0.4, 0.5) is 4.39 Å². The lowest BCUT2D eigenvalue weighted by molar-refractivity contribution is 0.121. The highest BCUT2D eigenvalue weighted by atomic mass is 35.5. The van der Waals surface area contributed by atoms with E-state index >= 15 is 0 Å². The van der Waals surface area contributed by atoms with Crippen molar-refractivity contribution < 1.29 is 9.50 Å². The molecule has 0 aliphatic heterocycles. The molecule has 78 valence electrons. The van der Waals surface area contributed by atoms with E-state index in [2.05, 4.69) is 0 Å². The molecule has 0 aliphatic rings. The van der Waals surface area contributed by atoms with Crippen molar-refractivity contribution in [2.45, 2.75) is 13.0 Å². The predicted octanol–water partition coefficient (Wildman–Crippen LogP) is 2.11. The lowest BCUT2D eigenvalue weighted by atomic mass is 9.98. The second-order valence-corrected chi connectivity index (χ2v) is 3.74. The number of hydrogen-bond donors (Lipinski definition) is 2. The number of hydrogen-bond acceptors (Lipinski definition) is 2. The maximum Gasteiger partial charge on any atom is 0.142 e. The minimum absolute atomic E-state index is 0.0568. The summed E-state index contributed by atoms with van der Waals surface area (Å²) in [6.45, 7) is 2.16. The number of aliphatic hydroxyl groups excluding tert-OH is 1. The molecule has 0 radical (unpaired) electrons. The maximum absolute atomic E-state index is 13.0. The highest BCUT2D eigenvalue weighted by Crippen LogP contribution is 2.24. The predicted molar refractivity (Wildman–Crippen MR) is 54.6 cm³/mol. The molecule has 1 aromatic rings. The molecule has 0 amide bonds. The zero-order valence-electron chi connectivity index (χ0n) is 7.87. The molecule has 0 spiro atoms. The molecule has 1 aromatic carbocycles. The smallest absolute Gasteiger partial charge is 0.142 e. The monoisotopic (exact) mass is 217 g/mol. The van der Waals surface area contributed by atoms with Crippen LogP contribution >= 0.6 is 11.6 Å². The Morgan fingerprint density at radius 1 is 1.57 bits per heavy atom. The van der Waals surface area contributed by atoms with Gasteiger partial charge in [-0.1, -0.05) is 24.6 Å². The Morgan fingerprint density at radius 2 is 2.21 bits per heavy atom. The molecule has 0 saturated carbocycles. The summed E-state index contributed by atoms with van der Waals surface area (Å²) in [5, 5.41) is 9.77. The van der Waals surface area contributed by atoms with Crippen molar-refractivity contribution in [2.75, 3.05) is 6.54 Å². The molecule has 0 heterocycles. The molecule has 3 N–H and O–H groups in total. The number of benzene rings is 1. The van der Waals surface area contributed by atoms with Crippen LogP contribution in [-0.4, -0.2) is 11.7 Å². The van der Waals surface area contributed by atoms with Crippen molar-refractivity contribution in [3.8, 4) is 0 Å². The summed E-state index contributed by atoms with van der Waals surface area (Å²) >= 11 is 5.52. The molecule has 0 aromatic heterocycles. The third-order valence-corrected chi connectivity index (χ3v) is 2.50. The van der Waals surface area contributed by atoms with Gasteiger partial charge in [-0.05, 0) is 30.2 Å². The molecule has 2 unspecified atom stereocenters. The lowest BCUT2D eigenvalue weighted by Crippen LogP contribution is -2.18. The number of aliphatic hydroxyl groups is 1. The van der Waals surface area contributed by atoms with Gasteiger partial charge in [0, 0.05) is 0 Å². The average Bonchev–Trinajstić information content (AvgIpc) is 2.20. The van der Waals surface area contributed by atoms with Gasteiger partial charge in [-0.25, -0.2) is 4.39 Å². The minimum atomic E-state index is -0.744. The van der Waals surface area contributed by atoms with Crippen molar-refractivity contribution in [1.29, 1.82) is 0 Å². The van der Waals surface area contributed by atoms with Crippen LogP contribution in [0.3, 0.4) is 0 Å². The Hall–Kier alpha value is -0.640. The Balaban J connectivity index is 2.91. The normalized spacial score (nSPS) is 15.2. The number of halogens is 2. The first-order valence-electron chi connectivity index (χ1n) is 4.39. The van der Waals surface area contributed by atoms with Crippen molar-refractivity contribution in [2.24, 2.45) is 11.7 Å². The van der Waals surface area contributed by atoms with Crippen molar-refractivity contribution in [1.82, 2.24) is 0 Å². The first-order chi connectivity index (χ1) is 6.56. The van der Waals surface area contributed by atoms with E-state index in [1.165, 1.54) is 12.1 Å². The van der Waals surface area contributed by atoms with Crippen molar-refractivity contribution in [3.63, 3.8) is 0 Å². The molecule has 2 nitrogen and oxygen atoms in total. The summed E-state index contributed by atoms with van der Waals surface area (Å²) in [5.41, 5.74) is 5.90. The van der Waals surface area contributed by atoms with E-state index in [4.69, 9.17) is 17.3 Å². The van der Waals surface area contributed by atoms with Gasteiger partial charge in [-0.15, -0.1) is 0 Å². The standard InChI is InChI=1S/C10H13ClFNO/c1-6(5-13)10(14)7-2-3-8(11)9(12)4-7/h2-4,6,10,14H,5,13H2,1H3. The highest BCUT2D eigenvalue weighted by molar-refractivity contribution is 6.30. The molecule has 0 saturated heterocycles. The van der Waals surface area contributed by atoms with Crippen LogP contribution < -0.4 is 5.73 Å². The summed E-state index contributed by atoms with van der Waals surface area (Å²) in [4.78, 5) is 0. The molecule has 2 atom stereocenters. The van der Waals surface area contributed by atoms with E-state index in [1.807, 2.05) is 0 Å². The Labute approximate surface area is 87.5 Å². The molecule has 0 fully saturated rings. The molecule has 4 heteroatoms. The van der Waals surface area contributed by atoms with Crippen molar-refractivity contribution >= 4 is 11.6 Å². The second kappa shape index (κ2) is 4.73. The van der Waals surface area contributed by atoms with Gasteiger partial charge in [-0.3, -0.25) is 0 Å². The second-order valence-electron chi connectivity index (χ2n) is 3.33. The number of rotatable bonds is 3. The van der Waals surface area contributed by atoms with Crippen LogP contribution in [0, 0.1) is 11.7 Å². The van der Waals surface area contributed by atoms with Crippen LogP contribution in [0.1, 0.15) is 18.6 Å². The summed E-state index contributed by atoms with van der Waals surface area (Å²) in [6.07, 6.45) is -0.744. The zero-order chi connectivity index (χ0) is 10.7. The van der Waals surface area contributed by atoms with Gasteiger partial charge in [0.05, 0.1) is 11.1 Å². The summed E-state index contributed by atoms with van der Waals surface area (Å²) < 4.78 is 13.0. The third kappa shape index (κ3) is 2.44. The summed E-state index contributed by atoms with van der Waals surface area (Å²) in [7, 11) is 0. The SMILES string of the molecule is CC(CN)C(O)c1ccc(Cl)c(F)c1. The molecule has 1 rings (SSSR count). The van der Waals surface area contributed by atoms with Crippen LogP contribution in [0.25, 0.3) is 0 Å². The first-order valence-corrected chi connectivity index (χ1v) is 4.77. The molecule has 14 heavy (non-hydrogen) atoms. The van der Waals surface area contributed by atoms with Gasteiger partial charge in [0.1, 0.15) is 5.82 Å². The summed E-state index contributed by atoms with van der Waals surface area (Å²) in [5.74, 6) is -0.622. The van der Waals surface area contributed by atoms with Gasteiger partial charge in [0.25, 0.3) is 0 Å². The highest BCUT2D eigenvalue weighted by Gasteiger charge is 2.15. The van der Waals surface area contributed by atoms with Crippen LogP contribution in [-0.2, 0) is 0 Å². The molecular formula is C10H13ClFNO. The summed E-state index contributed by atoms with van der Waals surface area (Å²) in [6, 6.07) is 4.26. The van der Waals surface area contributed by atoms with E-state index in [9.17, 15) is 9.50 Å². The van der Waals surface area contributed by atoms with Crippen LogP contribution in [0.2, 0.25) is 5.02 Å². The Kier molecular flexibility index (Phi) is 3.86. The average molecular weight is 218 g/mol. The van der Waals surface area contributed by atoms with Gasteiger partial charge in [0.15, 0.2) is 0 Å². The topological polar surface area (TPSA) is 46.2 Å². The zero-order valence-corrected chi connectivity index (χ0v) is 8.63. The quantitative estimate of drug-likeness (QED) is 0.815. The Bertz CT molecular complexity index is 319. The van der Waals surface area contributed by atoms with E-state index in [0.29, 0.717) is 12.1 Å². The van der Waals surface area contributed by atoms with Gasteiger partial charge in [-0.2, -0.15) is 0 Å². The van der Waals surface area contributed by atoms with E-state index in [0.717, 1.165) is 0 Å². The van der Waals surface area contributed by atoms with Crippen molar-refractivity contribution in [3.05, 3.63) is 34.6 Å². The lowest BCUT2D eigenvalue weighted by Gasteiger charge is -2.17. The third-order valence-electron chi connectivity index (χ3n) is 2.20. The number of nitrogens with two attached hydrogens (primary N) is 1.